The number of nitrogens with two attached hydrogens (primary N) is 2. The van der Waals surface area contributed by atoms with Gasteiger partial charge in [0.1, 0.15) is 6.04 Å². The molecule has 0 spiro atoms. The highest BCUT2D eigenvalue weighted by Crippen LogP contribution is 2.03. The van der Waals surface area contributed by atoms with Crippen LogP contribution in [-0.4, -0.2) is 47.6 Å². The molecule has 0 unspecified atom stereocenters. The topological polar surface area (TPSA) is 118 Å². The number of aliphatic carboxylic acids is 1. The molecule has 0 aliphatic carbocycles. The molecule has 0 bridgehead atoms. The average Bonchev–Trinajstić information content (AvgIpc) is 2.33. The van der Waals surface area contributed by atoms with Crippen molar-refractivity contribution < 1.29 is 14.7 Å². The van der Waals surface area contributed by atoms with E-state index in [4.69, 9.17) is 16.6 Å². The fraction of sp³-hybridized carbons (Fsp3) is 0.818. The first-order chi connectivity index (χ1) is 8.52. The van der Waals surface area contributed by atoms with E-state index in [1.807, 2.05) is 6.26 Å². The molecular formula is C11H23N3O3S. The first-order valence-corrected chi connectivity index (χ1v) is 7.40. The summed E-state index contributed by atoms with van der Waals surface area (Å²) in [5.74, 6) is -0.744. The van der Waals surface area contributed by atoms with Gasteiger partial charge >= 0.3 is 5.97 Å². The van der Waals surface area contributed by atoms with Crippen LogP contribution in [0, 0.1) is 0 Å². The van der Waals surface area contributed by atoms with E-state index in [1.165, 1.54) is 11.8 Å². The Hall–Kier alpha value is -0.790. The summed E-state index contributed by atoms with van der Waals surface area (Å²) in [4.78, 5) is 22.6. The molecule has 7 heteroatoms. The Morgan fingerprint density at radius 3 is 2.50 bits per heavy atom. The van der Waals surface area contributed by atoms with Gasteiger partial charge in [-0.2, -0.15) is 11.8 Å². The Balaban J connectivity index is 4.10. The predicted molar refractivity (Wildman–Crippen MR) is 73.4 cm³/mol. The first kappa shape index (κ1) is 17.2. The van der Waals surface area contributed by atoms with Gasteiger partial charge in [0, 0.05) is 0 Å². The number of thioether (sulfide) groups is 1. The second-order valence-electron chi connectivity index (χ2n) is 4.07. The minimum atomic E-state index is -1.02. The highest BCUT2D eigenvalue weighted by Gasteiger charge is 2.22. The van der Waals surface area contributed by atoms with Gasteiger partial charge in [0.2, 0.25) is 5.91 Å². The summed E-state index contributed by atoms with van der Waals surface area (Å²) in [7, 11) is 0. The number of hydrogen-bond donors (Lipinski definition) is 4. The number of amides is 1. The third-order valence-corrected chi connectivity index (χ3v) is 3.18. The molecule has 0 saturated carbocycles. The van der Waals surface area contributed by atoms with E-state index in [-0.39, 0.29) is 0 Å². The Bertz CT molecular complexity index is 264. The molecule has 0 heterocycles. The SMILES string of the molecule is CSCC[C@@H](NC(=O)[C@@H](N)CCCCN)C(=O)O. The second kappa shape index (κ2) is 10.2. The predicted octanol–water partition coefficient (Wildman–Crippen LogP) is -0.235. The molecule has 18 heavy (non-hydrogen) atoms. The fourth-order valence-electron chi connectivity index (χ4n) is 1.41. The molecule has 0 aromatic rings. The highest BCUT2D eigenvalue weighted by atomic mass is 32.2. The number of rotatable bonds is 10. The van der Waals surface area contributed by atoms with Gasteiger partial charge in [-0.05, 0) is 37.8 Å². The maximum Gasteiger partial charge on any atom is 0.326 e. The lowest BCUT2D eigenvalue weighted by molar-refractivity contribution is -0.142. The van der Waals surface area contributed by atoms with E-state index in [2.05, 4.69) is 5.32 Å². The molecule has 0 aliphatic heterocycles. The quantitative estimate of drug-likeness (QED) is 0.409. The summed E-state index contributed by atoms with van der Waals surface area (Å²) in [6.45, 7) is 0.569. The molecule has 2 atom stereocenters. The van der Waals surface area contributed by atoms with E-state index >= 15 is 0 Å². The Labute approximate surface area is 112 Å². The lowest BCUT2D eigenvalue weighted by atomic mass is 10.1. The third kappa shape index (κ3) is 7.52. The van der Waals surface area contributed by atoms with Gasteiger partial charge in [-0.25, -0.2) is 4.79 Å². The van der Waals surface area contributed by atoms with E-state index in [1.54, 1.807) is 0 Å². The van der Waals surface area contributed by atoms with Gasteiger partial charge in [0.15, 0.2) is 0 Å². The fourth-order valence-corrected chi connectivity index (χ4v) is 1.88. The van der Waals surface area contributed by atoms with E-state index < -0.39 is 24.0 Å². The van der Waals surface area contributed by atoms with Crippen LogP contribution in [0.1, 0.15) is 25.7 Å². The maximum absolute atomic E-state index is 11.7. The standard InChI is InChI=1S/C11H23N3O3S/c1-18-7-5-9(11(16)17)14-10(15)8(13)4-2-3-6-12/h8-9H,2-7,12-13H2,1H3,(H,14,15)(H,16,17)/t8-,9+/m0/s1. The minimum Gasteiger partial charge on any atom is -0.480 e. The van der Waals surface area contributed by atoms with Crippen molar-refractivity contribution in [2.75, 3.05) is 18.6 Å². The molecule has 6 nitrogen and oxygen atoms in total. The summed E-state index contributed by atoms with van der Waals surface area (Å²) in [6, 6.07) is -1.52. The summed E-state index contributed by atoms with van der Waals surface area (Å²) in [5.41, 5.74) is 11.0. The van der Waals surface area contributed by atoms with Crippen molar-refractivity contribution in [3.8, 4) is 0 Å². The van der Waals surface area contributed by atoms with Crippen LogP contribution >= 0.6 is 11.8 Å². The summed E-state index contributed by atoms with van der Waals surface area (Å²) >= 11 is 1.54. The number of carboxylic acid groups (broad SMARTS) is 1. The summed E-state index contributed by atoms with van der Waals surface area (Å²) < 4.78 is 0. The third-order valence-electron chi connectivity index (χ3n) is 2.53. The summed E-state index contributed by atoms with van der Waals surface area (Å²) in [6.07, 6.45) is 4.40. The number of carbonyl (C=O) groups is 2. The van der Waals surface area contributed by atoms with Crippen molar-refractivity contribution in [1.82, 2.24) is 5.32 Å². The lowest BCUT2D eigenvalue weighted by Crippen LogP contribution is -2.48. The Morgan fingerprint density at radius 2 is 2.00 bits per heavy atom. The van der Waals surface area contributed by atoms with Gasteiger partial charge in [0.05, 0.1) is 6.04 Å². The van der Waals surface area contributed by atoms with Gasteiger partial charge in [-0.15, -0.1) is 0 Å². The van der Waals surface area contributed by atoms with E-state index in [0.29, 0.717) is 25.1 Å². The van der Waals surface area contributed by atoms with E-state index in [0.717, 1.165) is 12.8 Å². The second-order valence-corrected chi connectivity index (χ2v) is 5.06. The van der Waals surface area contributed by atoms with Gasteiger partial charge in [-0.1, -0.05) is 6.42 Å². The van der Waals surface area contributed by atoms with Crippen LogP contribution in [-0.2, 0) is 9.59 Å². The monoisotopic (exact) mass is 277 g/mol. The van der Waals surface area contributed by atoms with Crippen molar-refractivity contribution in [3.05, 3.63) is 0 Å². The number of hydrogen-bond acceptors (Lipinski definition) is 5. The smallest absolute Gasteiger partial charge is 0.326 e. The van der Waals surface area contributed by atoms with Crippen LogP contribution in [0.4, 0.5) is 0 Å². The zero-order valence-corrected chi connectivity index (χ0v) is 11.5. The molecule has 0 aromatic heterocycles. The number of nitrogens with one attached hydrogen (secondary N) is 1. The number of unbranched alkanes of at least 4 members (excludes halogenated alkanes) is 1. The van der Waals surface area contributed by atoms with Crippen molar-refractivity contribution in [3.63, 3.8) is 0 Å². The molecule has 0 fully saturated rings. The van der Waals surface area contributed by atoms with Crippen LogP contribution < -0.4 is 16.8 Å². The van der Waals surface area contributed by atoms with Crippen LogP contribution in [0.5, 0.6) is 0 Å². The Morgan fingerprint density at radius 1 is 1.33 bits per heavy atom. The number of carbonyl (C=O) groups excluding carboxylic acids is 1. The molecule has 0 aromatic carbocycles. The van der Waals surface area contributed by atoms with Crippen LogP contribution in [0.25, 0.3) is 0 Å². The zero-order valence-electron chi connectivity index (χ0n) is 10.7. The maximum atomic E-state index is 11.7. The van der Waals surface area contributed by atoms with Crippen LogP contribution in [0.2, 0.25) is 0 Å². The van der Waals surface area contributed by atoms with E-state index in [9.17, 15) is 9.59 Å². The van der Waals surface area contributed by atoms with Crippen molar-refractivity contribution >= 4 is 23.6 Å². The lowest BCUT2D eigenvalue weighted by Gasteiger charge is -2.17. The molecule has 106 valence electrons. The molecule has 0 radical (unpaired) electrons. The van der Waals surface area contributed by atoms with Crippen LogP contribution in [0.3, 0.4) is 0 Å². The first-order valence-electron chi connectivity index (χ1n) is 6.00. The van der Waals surface area contributed by atoms with Gasteiger partial charge in [-0.3, -0.25) is 4.79 Å². The van der Waals surface area contributed by atoms with Gasteiger partial charge < -0.3 is 21.9 Å². The van der Waals surface area contributed by atoms with Crippen LogP contribution in [0.15, 0.2) is 0 Å². The average molecular weight is 277 g/mol. The molecule has 0 aliphatic rings. The normalized spacial score (nSPS) is 13.9. The minimum absolute atomic E-state index is 0.401. The molecule has 6 N–H and O–H groups in total. The van der Waals surface area contributed by atoms with Gasteiger partial charge in [0.25, 0.3) is 0 Å². The summed E-state index contributed by atoms with van der Waals surface area (Å²) in [5, 5.41) is 11.4. The zero-order chi connectivity index (χ0) is 14.0. The molecule has 1 amide bonds. The largest absolute Gasteiger partial charge is 0.480 e. The molecular weight excluding hydrogens is 254 g/mol. The van der Waals surface area contributed by atoms with Crippen molar-refractivity contribution in [1.29, 1.82) is 0 Å². The molecule has 0 rings (SSSR count). The van der Waals surface area contributed by atoms with Crippen molar-refractivity contribution in [2.45, 2.75) is 37.8 Å². The number of carboxylic acids is 1. The highest BCUT2D eigenvalue weighted by molar-refractivity contribution is 7.98. The molecule has 0 saturated heterocycles. The Kier molecular flexibility index (Phi) is 9.72. The van der Waals surface area contributed by atoms with Crippen molar-refractivity contribution in [2.24, 2.45) is 11.5 Å².